The molecular formula is C37H50Cl2N6O. The molecule has 0 radical (unpaired) electrons. The third kappa shape index (κ3) is 7.64. The zero-order chi connectivity index (χ0) is 30.6. The van der Waals surface area contributed by atoms with Crippen LogP contribution in [0.15, 0.2) is 61.2 Å². The van der Waals surface area contributed by atoms with E-state index in [2.05, 4.69) is 61.6 Å². The minimum Gasteiger partial charge on any atom is -0.341 e. The van der Waals surface area contributed by atoms with Crippen LogP contribution in [-0.4, -0.2) is 61.7 Å². The molecule has 0 unspecified atom stereocenters. The Balaban J connectivity index is 0.00000372. The summed E-state index contributed by atoms with van der Waals surface area (Å²) in [6.07, 6.45) is 17.5. The number of nitrogens with one attached hydrogen (secondary N) is 1. The lowest BCUT2D eigenvalue weighted by Crippen LogP contribution is -2.56. The van der Waals surface area contributed by atoms with Crippen molar-refractivity contribution in [2.45, 2.75) is 115 Å². The van der Waals surface area contributed by atoms with Gasteiger partial charge in [-0.3, -0.25) is 14.4 Å². The fourth-order valence-electron chi connectivity index (χ4n) is 9.02. The maximum absolute atomic E-state index is 14.3. The summed E-state index contributed by atoms with van der Waals surface area (Å²) in [6, 6.07) is 17.7. The number of hydrogen-bond donors (Lipinski definition) is 1. The first-order valence-electron chi connectivity index (χ1n) is 17.5. The predicted octanol–water partition coefficient (Wildman–Crippen LogP) is 7.07. The number of halogens is 2. The highest BCUT2D eigenvalue weighted by molar-refractivity contribution is 6.30. The number of hydrogen-bond acceptors (Lipinski definition) is 5. The van der Waals surface area contributed by atoms with Crippen molar-refractivity contribution in [3.8, 4) is 0 Å². The van der Waals surface area contributed by atoms with Gasteiger partial charge in [0.05, 0.1) is 6.04 Å². The second-order valence-electron chi connectivity index (χ2n) is 14.3. The Morgan fingerprint density at radius 3 is 2.22 bits per heavy atom. The van der Waals surface area contributed by atoms with Gasteiger partial charge in [-0.1, -0.05) is 67.3 Å². The molecule has 4 aliphatic rings. The van der Waals surface area contributed by atoms with Gasteiger partial charge in [0.2, 0.25) is 5.91 Å². The summed E-state index contributed by atoms with van der Waals surface area (Å²) in [5.74, 6) is 0.967. The fourth-order valence-corrected chi connectivity index (χ4v) is 9.15. The summed E-state index contributed by atoms with van der Waals surface area (Å²) < 4.78 is 2.04. The average Bonchev–Trinajstić information content (AvgIpc) is 3.76. The number of carbonyl (C=O) groups excluding carboxylic acids is 1. The van der Waals surface area contributed by atoms with Crippen LogP contribution >= 0.6 is 24.0 Å². The predicted molar refractivity (Wildman–Crippen MR) is 186 cm³/mol. The van der Waals surface area contributed by atoms with Crippen molar-refractivity contribution in [3.05, 3.63) is 82.9 Å². The molecule has 0 spiro atoms. The smallest absolute Gasteiger partial charge is 0.240 e. The molecule has 3 aromatic rings. The number of rotatable bonds is 9. The lowest BCUT2D eigenvalue weighted by molar-refractivity contribution is -0.137. The molecule has 2 aromatic carbocycles. The number of fused-ring (bicyclic) bond motifs is 1. The van der Waals surface area contributed by atoms with Gasteiger partial charge in [0.1, 0.15) is 12.7 Å². The number of carbonyl (C=O) groups is 1. The quantitative estimate of drug-likeness (QED) is 0.265. The Morgan fingerprint density at radius 2 is 1.59 bits per heavy atom. The number of nitrogens with zero attached hydrogens (tertiary/aromatic N) is 5. The first-order chi connectivity index (χ1) is 22.0. The highest BCUT2D eigenvalue weighted by atomic mass is 35.5. The van der Waals surface area contributed by atoms with Crippen molar-refractivity contribution in [1.82, 2.24) is 29.9 Å². The van der Waals surface area contributed by atoms with E-state index >= 15 is 0 Å². The average molecular weight is 666 g/mol. The molecule has 248 valence electrons. The van der Waals surface area contributed by atoms with Crippen LogP contribution in [0, 0.1) is 11.3 Å². The third-order valence-electron chi connectivity index (χ3n) is 11.7. The van der Waals surface area contributed by atoms with Gasteiger partial charge in [0.25, 0.3) is 0 Å². The molecule has 2 aliphatic carbocycles. The maximum Gasteiger partial charge on any atom is 0.240 e. The van der Waals surface area contributed by atoms with Crippen molar-refractivity contribution in [2.24, 2.45) is 11.3 Å². The standard InChI is InChI=1S/C37H49ClN6O.ClH/c38-32-12-10-28(11-13-32)22-35(41-33-14-16-34(17-15-33)43-23-29-6-4-5-7-30(29)24-43)36(45)42-20-18-37(19-21-42,25-44-27-39-26-40-44)31-8-2-1-3-9-31;/h4-7,10-13,26-27,31,33-35,41H,1-3,8-9,14-25H2;1H/t33?,34?,35-;/m1./s1. The molecule has 1 saturated heterocycles. The summed E-state index contributed by atoms with van der Waals surface area (Å²) in [7, 11) is 0. The molecule has 1 N–H and O–H groups in total. The van der Waals surface area contributed by atoms with Crippen molar-refractivity contribution in [3.63, 3.8) is 0 Å². The van der Waals surface area contributed by atoms with E-state index in [1.807, 2.05) is 23.1 Å². The number of piperidine rings is 1. The Labute approximate surface area is 285 Å². The molecule has 1 atom stereocenters. The van der Waals surface area contributed by atoms with Crippen LogP contribution in [-0.2, 0) is 30.8 Å². The second-order valence-corrected chi connectivity index (χ2v) is 14.8. The molecule has 2 saturated carbocycles. The first kappa shape index (κ1) is 33.5. The zero-order valence-electron chi connectivity index (χ0n) is 27.0. The minimum absolute atomic E-state index is 0. The molecular weight excluding hydrogens is 615 g/mol. The highest BCUT2D eigenvalue weighted by Gasteiger charge is 2.44. The van der Waals surface area contributed by atoms with Gasteiger partial charge in [-0.15, -0.1) is 12.4 Å². The summed E-state index contributed by atoms with van der Waals surface area (Å²) in [6.45, 7) is 4.71. The Bertz CT molecular complexity index is 1370. The molecule has 7 nitrogen and oxygen atoms in total. The van der Waals surface area contributed by atoms with Gasteiger partial charge < -0.3 is 10.2 Å². The van der Waals surface area contributed by atoms with Crippen LogP contribution in [0.2, 0.25) is 5.02 Å². The van der Waals surface area contributed by atoms with Gasteiger partial charge in [-0.05, 0) is 97.9 Å². The fraction of sp³-hybridized carbons (Fsp3) is 0.595. The van der Waals surface area contributed by atoms with E-state index in [0.717, 1.165) is 69.0 Å². The maximum atomic E-state index is 14.3. The van der Waals surface area contributed by atoms with Crippen molar-refractivity contribution in [1.29, 1.82) is 0 Å². The zero-order valence-corrected chi connectivity index (χ0v) is 28.6. The van der Waals surface area contributed by atoms with E-state index in [1.54, 1.807) is 6.33 Å². The molecule has 46 heavy (non-hydrogen) atoms. The first-order valence-corrected chi connectivity index (χ1v) is 17.8. The van der Waals surface area contributed by atoms with E-state index in [4.69, 9.17) is 11.6 Å². The van der Waals surface area contributed by atoms with Gasteiger partial charge in [-0.2, -0.15) is 5.10 Å². The Morgan fingerprint density at radius 1 is 0.913 bits per heavy atom. The normalized spacial score (nSPS) is 24.2. The molecule has 7 rings (SSSR count). The van der Waals surface area contributed by atoms with Crippen LogP contribution in [0.3, 0.4) is 0 Å². The van der Waals surface area contributed by atoms with E-state index in [9.17, 15) is 4.79 Å². The molecule has 3 heterocycles. The molecule has 9 heteroatoms. The van der Waals surface area contributed by atoms with Crippen molar-refractivity contribution in [2.75, 3.05) is 13.1 Å². The molecule has 2 aliphatic heterocycles. The number of benzene rings is 2. The highest BCUT2D eigenvalue weighted by Crippen LogP contribution is 2.47. The summed E-state index contributed by atoms with van der Waals surface area (Å²) in [4.78, 5) is 23.4. The summed E-state index contributed by atoms with van der Waals surface area (Å²) >= 11 is 6.22. The van der Waals surface area contributed by atoms with Crippen LogP contribution in [0.25, 0.3) is 0 Å². The Hall–Kier alpha value is -2.45. The number of amides is 1. The third-order valence-corrected chi connectivity index (χ3v) is 11.9. The monoisotopic (exact) mass is 664 g/mol. The molecule has 0 bridgehead atoms. The van der Waals surface area contributed by atoms with Crippen molar-refractivity contribution >= 4 is 29.9 Å². The largest absolute Gasteiger partial charge is 0.341 e. The van der Waals surface area contributed by atoms with Crippen LogP contribution in [0.4, 0.5) is 0 Å². The lowest BCUT2D eigenvalue weighted by atomic mass is 9.63. The minimum atomic E-state index is -0.221. The topological polar surface area (TPSA) is 66.3 Å². The van der Waals surface area contributed by atoms with Crippen LogP contribution in [0.1, 0.15) is 87.3 Å². The van der Waals surface area contributed by atoms with Gasteiger partial charge in [-0.25, -0.2) is 4.98 Å². The van der Waals surface area contributed by atoms with Gasteiger partial charge >= 0.3 is 0 Å². The lowest BCUT2D eigenvalue weighted by Gasteiger charge is -2.48. The Kier molecular flexibility index (Phi) is 11.0. The van der Waals surface area contributed by atoms with Gasteiger partial charge in [0, 0.05) is 49.8 Å². The summed E-state index contributed by atoms with van der Waals surface area (Å²) in [5.41, 5.74) is 4.33. The van der Waals surface area contributed by atoms with Crippen LogP contribution < -0.4 is 5.32 Å². The van der Waals surface area contributed by atoms with Crippen molar-refractivity contribution < 1.29 is 4.79 Å². The molecule has 3 fully saturated rings. The molecule has 1 amide bonds. The van der Waals surface area contributed by atoms with E-state index in [-0.39, 0.29) is 29.8 Å². The number of likely N-dealkylation sites (tertiary alicyclic amines) is 1. The van der Waals surface area contributed by atoms with E-state index < -0.39 is 0 Å². The van der Waals surface area contributed by atoms with E-state index in [0.29, 0.717) is 24.4 Å². The van der Waals surface area contributed by atoms with Crippen LogP contribution in [0.5, 0.6) is 0 Å². The van der Waals surface area contributed by atoms with Gasteiger partial charge in [0.15, 0.2) is 0 Å². The number of aromatic nitrogens is 3. The van der Waals surface area contributed by atoms with E-state index in [1.165, 1.54) is 56.1 Å². The SMILES string of the molecule is Cl.O=C([C@@H](Cc1ccc(Cl)cc1)NC1CCC(N2Cc3ccccc3C2)CC1)N1CCC(Cn2cncn2)(C2CCCCC2)CC1. The molecule has 1 aromatic heterocycles. The second kappa shape index (κ2) is 15.2. The summed E-state index contributed by atoms with van der Waals surface area (Å²) in [5, 5.41) is 9.13.